The minimum Gasteiger partial charge on any atom is -0.326 e. The highest BCUT2D eigenvalue weighted by Gasteiger charge is 2.29. The minimum absolute atomic E-state index is 0.0575. The van der Waals surface area contributed by atoms with Gasteiger partial charge in [-0.25, -0.2) is 4.79 Å². The molecule has 0 aromatic carbocycles. The van der Waals surface area contributed by atoms with E-state index >= 15 is 0 Å². The Morgan fingerprint density at radius 2 is 2.00 bits per heavy atom. The molecule has 8 nitrogen and oxygen atoms in total. The Hall–Kier alpha value is -2.35. The molecule has 0 N–H and O–H groups in total. The van der Waals surface area contributed by atoms with Gasteiger partial charge in [-0.1, -0.05) is 0 Å². The molecule has 2 aliphatic heterocycles. The molecule has 2 aliphatic rings. The van der Waals surface area contributed by atoms with Crippen LogP contribution in [0, 0.1) is 6.92 Å². The largest absolute Gasteiger partial charge is 0.326 e. The van der Waals surface area contributed by atoms with E-state index in [0.717, 1.165) is 51.4 Å². The number of aryl methyl sites for hydroxylation is 1. The standard InChI is InChI=1S/C17H25N7O/c1-14-9-18-22(11-14)7-6-21-4-3-15(12-21)24-13-16(10-19-24)23-8-5-20(2)17(23)25/h9-11,13,15H,3-8,12H2,1-2H3. The lowest BCUT2D eigenvalue weighted by molar-refractivity contribution is 0.229. The van der Waals surface area contributed by atoms with Crippen molar-refractivity contribution in [3.63, 3.8) is 0 Å². The summed E-state index contributed by atoms with van der Waals surface area (Å²) in [5.41, 5.74) is 2.10. The first-order chi connectivity index (χ1) is 12.1. The van der Waals surface area contributed by atoms with Gasteiger partial charge in [0.1, 0.15) is 0 Å². The molecule has 1 atom stereocenters. The fourth-order valence-electron chi connectivity index (χ4n) is 3.62. The molecule has 0 spiro atoms. The number of hydrogen-bond acceptors (Lipinski definition) is 4. The fraction of sp³-hybridized carbons (Fsp3) is 0.588. The highest BCUT2D eigenvalue weighted by atomic mass is 16.2. The number of likely N-dealkylation sites (tertiary alicyclic amines) is 1. The number of likely N-dealkylation sites (N-methyl/N-ethyl adjacent to an activating group) is 1. The van der Waals surface area contributed by atoms with E-state index in [9.17, 15) is 4.79 Å². The van der Waals surface area contributed by atoms with E-state index in [2.05, 4.69) is 28.2 Å². The third kappa shape index (κ3) is 3.26. The second-order valence-electron chi connectivity index (χ2n) is 7.06. The van der Waals surface area contributed by atoms with Gasteiger partial charge in [0, 0.05) is 52.2 Å². The van der Waals surface area contributed by atoms with Crippen molar-refractivity contribution in [2.45, 2.75) is 25.9 Å². The topological polar surface area (TPSA) is 62.4 Å². The van der Waals surface area contributed by atoms with Gasteiger partial charge < -0.3 is 4.90 Å². The molecular formula is C17H25N7O. The number of rotatable bonds is 5. The zero-order valence-corrected chi connectivity index (χ0v) is 14.9. The first-order valence-corrected chi connectivity index (χ1v) is 8.88. The SMILES string of the molecule is Cc1cnn(CCN2CCC(n3cc(N4CCN(C)C4=O)cn3)C2)c1. The van der Waals surface area contributed by atoms with Crippen molar-refractivity contribution in [3.8, 4) is 0 Å². The van der Waals surface area contributed by atoms with Gasteiger partial charge >= 0.3 is 6.03 Å². The molecule has 25 heavy (non-hydrogen) atoms. The molecule has 0 bridgehead atoms. The Kier molecular flexibility index (Phi) is 4.20. The molecule has 4 heterocycles. The van der Waals surface area contributed by atoms with Crippen molar-refractivity contribution in [2.75, 3.05) is 44.7 Å². The minimum atomic E-state index is 0.0575. The lowest BCUT2D eigenvalue weighted by Crippen LogP contribution is -2.28. The first-order valence-electron chi connectivity index (χ1n) is 8.88. The number of nitrogens with zero attached hydrogens (tertiary/aromatic N) is 7. The maximum atomic E-state index is 12.1. The van der Waals surface area contributed by atoms with Gasteiger partial charge in [-0.2, -0.15) is 10.2 Å². The van der Waals surface area contributed by atoms with Gasteiger partial charge in [0.25, 0.3) is 0 Å². The van der Waals surface area contributed by atoms with Crippen LogP contribution in [0.2, 0.25) is 0 Å². The number of aromatic nitrogens is 4. The molecule has 8 heteroatoms. The Labute approximate surface area is 147 Å². The predicted octanol–water partition coefficient (Wildman–Crippen LogP) is 1.21. The number of anilines is 1. The van der Waals surface area contributed by atoms with E-state index in [1.165, 1.54) is 5.56 Å². The van der Waals surface area contributed by atoms with Crippen LogP contribution in [-0.4, -0.2) is 75.2 Å². The van der Waals surface area contributed by atoms with Crippen LogP contribution in [0.1, 0.15) is 18.0 Å². The second kappa shape index (κ2) is 6.51. The van der Waals surface area contributed by atoms with Crippen LogP contribution in [0.25, 0.3) is 0 Å². The molecule has 2 aromatic rings. The van der Waals surface area contributed by atoms with Crippen molar-refractivity contribution in [3.05, 3.63) is 30.4 Å². The maximum Gasteiger partial charge on any atom is 0.324 e. The fourth-order valence-corrected chi connectivity index (χ4v) is 3.62. The predicted molar refractivity (Wildman–Crippen MR) is 94.7 cm³/mol. The number of carbonyl (C=O) groups excluding carboxylic acids is 1. The molecule has 2 aromatic heterocycles. The third-order valence-electron chi connectivity index (χ3n) is 5.15. The van der Waals surface area contributed by atoms with E-state index in [0.29, 0.717) is 6.04 Å². The zero-order chi connectivity index (χ0) is 17.4. The van der Waals surface area contributed by atoms with E-state index in [4.69, 9.17) is 0 Å². The Morgan fingerprint density at radius 1 is 1.12 bits per heavy atom. The first kappa shape index (κ1) is 16.1. The molecule has 1 unspecified atom stereocenters. The second-order valence-corrected chi connectivity index (χ2v) is 7.06. The summed E-state index contributed by atoms with van der Waals surface area (Å²) in [4.78, 5) is 18.1. The van der Waals surface area contributed by atoms with Gasteiger partial charge in [-0.15, -0.1) is 0 Å². The van der Waals surface area contributed by atoms with Gasteiger partial charge in [0.15, 0.2) is 0 Å². The Bertz CT molecular complexity index is 752. The van der Waals surface area contributed by atoms with E-state index in [1.807, 2.05) is 35.0 Å². The molecule has 0 aliphatic carbocycles. The Balaban J connectivity index is 1.33. The Morgan fingerprint density at radius 3 is 2.72 bits per heavy atom. The summed E-state index contributed by atoms with van der Waals surface area (Å²) in [6, 6.07) is 0.436. The smallest absolute Gasteiger partial charge is 0.324 e. The van der Waals surface area contributed by atoms with E-state index < -0.39 is 0 Å². The van der Waals surface area contributed by atoms with Crippen molar-refractivity contribution in [1.82, 2.24) is 29.4 Å². The molecule has 0 radical (unpaired) electrons. The molecule has 134 valence electrons. The van der Waals surface area contributed by atoms with Crippen LogP contribution in [-0.2, 0) is 6.54 Å². The van der Waals surface area contributed by atoms with Gasteiger partial charge in [-0.3, -0.25) is 19.2 Å². The summed E-state index contributed by atoms with van der Waals surface area (Å²) >= 11 is 0. The lowest BCUT2D eigenvalue weighted by atomic mass is 10.3. The van der Waals surface area contributed by atoms with Crippen LogP contribution in [0.3, 0.4) is 0 Å². The number of amides is 2. The van der Waals surface area contributed by atoms with Gasteiger partial charge in [-0.05, 0) is 18.9 Å². The maximum absolute atomic E-state index is 12.1. The molecule has 4 rings (SSSR count). The van der Waals surface area contributed by atoms with Crippen LogP contribution in [0.15, 0.2) is 24.8 Å². The van der Waals surface area contributed by atoms with Crippen LogP contribution >= 0.6 is 0 Å². The highest BCUT2D eigenvalue weighted by Crippen LogP contribution is 2.25. The van der Waals surface area contributed by atoms with Crippen molar-refractivity contribution in [2.24, 2.45) is 0 Å². The number of hydrogen-bond donors (Lipinski definition) is 0. The third-order valence-corrected chi connectivity index (χ3v) is 5.15. The summed E-state index contributed by atoms with van der Waals surface area (Å²) < 4.78 is 4.03. The summed E-state index contributed by atoms with van der Waals surface area (Å²) in [5, 5.41) is 8.86. The van der Waals surface area contributed by atoms with Crippen molar-refractivity contribution in [1.29, 1.82) is 0 Å². The van der Waals surface area contributed by atoms with Gasteiger partial charge in [0.05, 0.1) is 30.7 Å². The monoisotopic (exact) mass is 343 g/mol. The normalized spacial score (nSPS) is 21.7. The summed E-state index contributed by atoms with van der Waals surface area (Å²) in [7, 11) is 1.84. The molecule has 2 saturated heterocycles. The highest BCUT2D eigenvalue weighted by molar-refractivity contribution is 5.93. The van der Waals surface area contributed by atoms with Crippen molar-refractivity contribution >= 4 is 11.7 Å². The van der Waals surface area contributed by atoms with Crippen LogP contribution in [0.5, 0.6) is 0 Å². The molecule has 2 amide bonds. The molecular weight excluding hydrogens is 318 g/mol. The van der Waals surface area contributed by atoms with Crippen molar-refractivity contribution < 1.29 is 4.79 Å². The van der Waals surface area contributed by atoms with E-state index in [-0.39, 0.29) is 6.03 Å². The van der Waals surface area contributed by atoms with Crippen LogP contribution < -0.4 is 4.90 Å². The average molecular weight is 343 g/mol. The quantitative estimate of drug-likeness (QED) is 0.819. The average Bonchev–Trinajstić information content (AvgIpc) is 3.35. The van der Waals surface area contributed by atoms with Crippen LogP contribution in [0.4, 0.5) is 10.5 Å². The molecule has 2 fully saturated rings. The summed E-state index contributed by atoms with van der Waals surface area (Å²) in [6.45, 7) is 7.56. The summed E-state index contributed by atoms with van der Waals surface area (Å²) in [6.07, 6.45) is 8.90. The molecule has 0 saturated carbocycles. The van der Waals surface area contributed by atoms with E-state index in [1.54, 1.807) is 9.80 Å². The van der Waals surface area contributed by atoms with Gasteiger partial charge in [0.2, 0.25) is 0 Å². The lowest BCUT2D eigenvalue weighted by Gasteiger charge is -2.16. The number of carbonyl (C=O) groups is 1. The zero-order valence-electron chi connectivity index (χ0n) is 14.9. The summed E-state index contributed by atoms with van der Waals surface area (Å²) in [5.74, 6) is 0. The number of urea groups is 1.